The number of fused-ring (bicyclic) bond motifs is 1. The summed E-state index contributed by atoms with van der Waals surface area (Å²) in [6.45, 7) is 9.71. The molecule has 5 fully saturated rings. The van der Waals surface area contributed by atoms with Crippen molar-refractivity contribution >= 4 is 11.8 Å². The number of hydrogen-bond donors (Lipinski definition) is 5. The molecule has 1 saturated carbocycles. The number of aliphatic hydroxyl groups is 1. The highest BCUT2D eigenvalue weighted by molar-refractivity contribution is 5.78. The van der Waals surface area contributed by atoms with Crippen LogP contribution in [0.25, 0.3) is 0 Å². The van der Waals surface area contributed by atoms with Crippen molar-refractivity contribution in [3.05, 3.63) is 0 Å². The smallest absolute Gasteiger partial charge is 0.223 e. The van der Waals surface area contributed by atoms with Gasteiger partial charge in [0.2, 0.25) is 11.8 Å². The van der Waals surface area contributed by atoms with E-state index in [1.807, 2.05) is 11.9 Å². The number of nitrogens with one attached hydrogen (secondary N) is 4. The number of piperidine rings is 3. The number of alkyl halides is 1. The van der Waals surface area contributed by atoms with Gasteiger partial charge < -0.3 is 34.4 Å². The SMILES string of the molecule is COCCN(C)C1CC(C(=O)NC[C@H](O)CN2CCC3CC(OCC4OCNC4C)C(F)CC3C2)CC(NC2CCN(C(C)=O)CC2)N1. The van der Waals surface area contributed by atoms with Crippen LogP contribution in [0.4, 0.5) is 4.39 Å². The quantitative estimate of drug-likeness (QED) is 0.170. The second kappa shape index (κ2) is 18.1. The number of halogens is 1. The van der Waals surface area contributed by atoms with Crippen LogP contribution in [0, 0.1) is 17.8 Å². The fourth-order valence-corrected chi connectivity index (χ4v) is 8.35. The first-order valence-corrected chi connectivity index (χ1v) is 18.3. The Morgan fingerprint density at radius 3 is 2.62 bits per heavy atom. The van der Waals surface area contributed by atoms with Crippen molar-refractivity contribution < 1.29 is 33.3 Å². The minimum absolute atomic E-state index is 0.00195. The van der Waals surface area contributed by atoms with Gasteiger partial charge in [0.1, 0.15) is 6.17 Å². The second-order valence-electron chi connectivity index (χ2n) is 15.0. The normalized spacial score (nSPS) is 35.8. The molecule has 0 bridgehead atoms. The van der Waals surface area contributed by atoms with E-state index in [-0.39, 0.29) is 66.8 Å². The predicted octanol–water partition coefficient (Wildman–Crippen LogP) is 0.0836. The monoisotopic (exact) mass is 683 g/mol. The maximum atomic E-state index is 15.2. The molecule has 13 nitrogen and oxygen atoms in total. The van der Waals surface area contributed by atoms with Crippen LogP contribution in [-0.4, -0.2) is 160 Å². The molecule has 14 heteroatoms. The first-order valence-electron chi connectivity index (χ1n) is 18.3. The Balaban J connectivity index is 1.05. The molecular formula is C34H62FN7O6. The number of methoxy groups -OCH3 is 1. The third-order valence-corrected chi connectivity index (χ3v) is 11.5. The van der Waals surface area contributed by atoms with E-state index >= 15 is 4.39 Å². The first kappa shape index (κ1) is 37.8. The van der Waals surface area contributed by atoms with E-state index in [1.165, 1.54) is 0 Å². The van der Waals surface area contributed by atoms with Crippen molar-refractivity contribution in [3.63, 3.8) is 0 Å². The zero-order valence-corrected chi connectivity index (χ0v) is 29.6. The van der Waals surface area contributed by atoms with Crippen LogP contribution in [0.3, 0.4) is 0 Å². The third kappa shape index (κ3) is 10.5. The standard InChI is InChI=1S/C34H62FN7O6/c1-22-31(48-21-37-22)20-47-30-14-24-5-8-41(18-26(24)13-29(30)35)19-28(44)17-36-34(45)25-15-32(39-33(16-25)40(3)11-12-46-4)38-27-6-9-42(10-7-27)23(2)43/h22,24-33,37-39,44H,5-21H2,1-4H3,(H,36,45)/t22?,24?,25?,26?,28-,29?,30?,31?,32?,33?/m0/s1. The van der Waals surface area contributed by atoms with Crippen LogP contribution >= 0.6 is 0 Å². The van der Waals surface area contributed by atoms with E-state index in [0.717, 1.165) is 58.4 Å². The van der Waals surface area contributed by atoms with Gasteiger partial charge in [-0.3, -0.25) is 30.4 Å². The van der Waals surface area contributed by atoms with Gasteiger partial charge in [0.05, 0.1) is 50.6 Å². The molecular weight excluding hydrogens is 621 g/mol. The summed E-state index contributed by atoms with van der Waals surface area (Å²) in [4.78, 5) is 31.6. The number of rotatable bonds is 14. The van der Waals surface area contributed by atoms with Gasteiger partial charge in [-0.25, -0.2) is 4.39 Å². The maximum absolute atomic E-state index is 15.2. The highest BCUT2D eigenvalue weighted by atomic mass is 19.1. The molecule has 2 amide bonds. The number of aliphatic hydroxyl groups excluding tert-OH is 1. The summed E-state index contributed by atoms with van der Waals surface area (Å²) in [5, 5.41) is 24.7. The lowest BCUT2D eigenvalue weighted by atomic mass is 9.73. The lowest BCUT2D eigenvalue weighted by Gasteiger charge is -2.45. The van der Waals surface area contributed by atoms with E-state index in [0.29, 0.717) is 51.7 Å². The number of nitrogens with zero attached hydrogens (tertiary/aromatic N) is 3. The lowest BCUT2D eigenvalue weighted by molar-refractivity contribution is -0.130. The van der Waals surface area contributed by atoms with Gasteiger partial charge in [-0.2, -0.15) is 0 Å². The number of hydrogen-bond acceptors (Lipinski definition) is 11. The maximum Gasteiger partial charge on any atom is 0.223 e. The summed E-state index contributed by atoms with van der Waals surface area (Å²) in [6.07, 6.45) is 3.13. The number of ether oxygens (including phenoxy) is 3. The molecule has 5 rings (SSSR count). The van der Waals surface area contributed by atoms with Gasteiger partial charge in [0.25, 0.3) is 0 Å². The van der Waals surface area contributed by atoms with Gasteiger partial charge in [-0.05, 0) is 77.3 Å². The zero-order valence-electron chi connectivity index (χ0n) is 29.6. The summed E-state index contributed by atoms with van der Waals surface area (Å²) in [5.41, 5.74) is 0. The van der Waals surface area contributed by atoms with Crippen molar-refractivity contribution in [1.82, 2.24) is 36.0 Å². The van der Waals surface area contributed by atoms with Crippen molar-refractivity contribution in [2.45, 2.75) is 108 Å². The molecule has 4 aliphatic heterocycles. The fraction of sp³-hybridized carbons (Fsp3) is 0.941. The Labute approximate surface area is 286 Å². The highest BCUT2D eigenvalue weighted by Crippen LogP contribution is 2.39. The molecule has 276 valence electrons. The average molecular weight is 684 g/mol. The number of β-amino-alcohol motifs (C(OH)–C–C–N with tert-alkyl or cyclic N) is 1. The van der Waals surface area contributed by atoms with Crippen molar-refractivity contribution in [3.8, 4) is 0 Å². The Kier molecular flexibility index (Phi) is 14.3. The van der Waals surface area contributed by atoms with Crippen molar-refractivity contribution in [2.75, 3.05) is 79.9 Å². The van der Waals surface area contributed by atoms with Crippen LogP contribution in [0.2, 0.25) is 0 Å². The predicted molar refractivity (Wildman–Crippen MR) is 180 cm³/mol. The molecule has 5 N–H and O–H groups in total. The minimum Gasteiger partial charge on any atom is -0.390 e. The lowest BCUT2D eigenvalue weighted by Crippen LogP contribution is -2.62. The molecule has 1 aliphatic carbocycles. The van der Waals surface area contributed by atoms with Gasteiger partial charge >= 0.3 is 0 Å². The summed E-state index contributed by atoms with van der Waals surface area (Å²) in [7, 11) is 3.73. The number of amides is 2. The molecule has 0 aromatic carbocycles. The molecule has 0 aromatic rings. The zero-order chi connectivity index (χ0) is 34.2. The molecule has 48 heavy (non-hydrogen) atoms. The van der Waals surface area contributed by atoms with E-state index in [4.69, 9.17) is 14.2 Å². The van der Waals surface area contributed by atoms with Crippen LogP contribution in [0.5, 0.6) is 0 Å². The Morgan fingerprint density at radius 2 is 1.92 bits per heavy atom. The number of carbonyl (C=O) groups is 2. The molecule has 0 spiro atoms. The fourth-order valence-electron chi connectivity index (χ4n) is 8.35. The molecule has 4 heterocycles. The van der Waals surface area contributed by atoms with Crippen molar-refractivity contribution in [2.24, 2.45) is 17.8 Å². The second-order valence-corrected chi connectivity index (χ2v) is 15.0. The van der Waals surface area contributed by atoms with Gasteiger partial charge in [0.15, 0.2) is 0 Å². The van der Waals surface area contributed by atoms with E-state index in [1.54, 1.807) is 14.0 Å². The molecule has 10 atom stereocenters. The summed E-state index contributed by atoms with van der Waals surface area (Å²) in [5.74, 6) is 0.544. The average Bonchev–Trinajstić information content (AvgIpc) is 3.49. The minimum atomic E-state index is -0.992. The first-order chi connectivity index (χ1) is 23.1. The van der Waals surface area contributed by atoms with E-state index in [2.05, 4.69) is 38.0 Å². The van der Waals surface area contributed by atoms with Gasteiger partial charge in [0, 0.05) is 71.3 Å². The number of likely N-dealkylation sites (tertiary alicyclic amines) is 2. The number of likely N-dealkylation sites (N-methyl/N-ethyl adjacent to an activating group) is 1. The van der Waals surface area contributed by atoms with Crippen LogP contribution in [0.1, 0.15) is 58.8 Å². The van der Waals surface area contributed by atoms with Crippen molar-refractivity contribution in [1.29, 1.82) is 0 Å². The van der Waals surface area contributed by atoms with E-state index < -0.39 is 12.3 Å². The van der Waals surface area contributed by atoms with Crippen LogP contribution < -0.4 is 21.3 Å². The molecule has 9 unspecified atom stereocenters. The van der Waals surface area contributed by atoms with E-state index in [9.17, 15) is 14.7 Å². The highest BCUT2D eigenvalue weighted by Gasteiger charge is 2.42. The molecule has 4 saturated heterocycles. The van der Waals surface area contributed by atoms with Crippen LogP contribution in [0.15, 0.2) is 0 Å². The third-order valence-electron chi connectivity index (χ3n) is 11.5. The molecule has 0 aromatic heterocycles. The number of carbonyl (C=O) groups excluding carboxylic acids is 2. The summed E-state index contributed by atoms with van der Waals surface area (Å²) >= 11 is 0. The van der Waals surface area contributed by atoms with Gasteiger partial charge in [-0.1, -0.05) is 0 Å². The van der Waals surface area contributed by atoms with Crippen LogP contribution in [-0.2, 0) is 23.8 Å². The Hall–Kier alpha value is -1.49. The Morgan fingerprint density at radius 1 is 1.12 bits per heavy atom. The molecule has 5 aliphatic rings. The van der Waals surface area contributed by atoms with Gasteiger partial charge in [-0.15, -0.1) is 0 Å². The summed E-state index contributed by atoms with van der Waals surface area (Å²) in [6, 6.07) is 0.491. The topological polar surface area (TPSA) is 140 Å². The summed E-state index contributed by atoms with van der Waals surface area (Å²) < 4.78 is 32.1. The Bertz CT molecular complexity index is 1020. The molecule has 0 radical (unpaired) electrons. The largest absolute Gasteiger partial charge is 0.390 e.